The van der Waals surface area contributed by atoms with Crippen LogP contribution < -0.4 is 4.31 Å². The van der Waals surface area contributed by atoms with Gasteiger partial charge in [0.25, 0.3) is 10.0 Å². The number of benzene rings is 3. The van der Waals surface area contributed by atoms with Crippen LogP contribution in [0, 0.1) is 13.8 Å². The molecule has 3 aromatic rings. The zero-order valence-corrected chi connectivity index (χ0v) is 15.2. The predicted molar refractivity (Wildman–Crippen MR) is 102 cm³/mol. The monoisotopic (exact) mass is 351 g/mol. The number of nitrogens with zero attached hydrogens (tertiary/aromatic N) is 1. The van der Waals surface area contributed by atoms with E-state index in [1.54, 1.807) is 24.3 Å². The molecule has 4 heteroatoms. The number of aryl methyl sites for hydroxylation is 2. The first-order valence-electron chi connectivity index (χ1n) is 8.17. The quantitative estimate of drug-likeness (QED) is 0.668. The van der Waals surface area contributed by atoms with Crippen LogP contribution in [0.5, 0.6) is 0 Å². The van der Waals surface area contributed by atoms with E-state index in [2.05, 4.69) is 0 Å². The first-order chi connectivity index (χ1) is 12.0. The normalized spacial score (nSPS) is 11.3. The molecule has 3 nitrogen and oxygen atoms in total. The maximum absolute atomic E-state index is 13.3. The average Bonchev–Trinajstić information content (AvgIpc) is 2.60. The fraction of sp³-hybridized carbons (Fsp3) is 0.143. The van der Waals surface area contributed by atoms with Gasteiger partial charge in [-0.05, 0) is 49.2 Å². The van der Waals surface area contributed by atoms with E-state index in [0.717, 1.165) is 16.7 Å². The average molecular weight is 351 g/mol. The van der Waals surface area contributed by atoms with Gasteiger partial charge in [0.2, 0.25) is 0 Å². The van der Waals surface area contributed by atoms with E-state index in [0.29, 0.717) is 17.1 Å². The lowest BCUT2D eigenvalue weighted by molar-refractivity contribution is 0.590. The van der Waals surface area contributed by atoms with E-state index in [1.165, 1.54) is 4.31 Å². The SMILES string of the molecule is Cc1cccc(CN(c2cccc(C)c2)S(=O)(=O)c2ccccc2)c1. The highest BCUT2D eigenvalue weighted by atomic mass is 32.2. The maximum atomic E-state index is 13.3. The first-order valence-corrected chi connectivity index (χ1v) is 9.61. The van der Waals surface area contributed by atoms with Crippen molar-refractivity contribution in [3.8, 4) is 0 Å². The van der Waals surface area contributed by atoms with Crippen molar-refractivity contribution in [3.63, 3.8) is 0 Å². The summed E-state index contributed by atoms with van der Waals surface area (Å²) in [5.41, 5.74) is 3.76. The summed E-state index contributed by atoms with van der Waals surface area (Å²) in [6, 6.07) is 24.1. The number of hydrogen-bond acceptors (Lipinski definition) is 2. The lowest BCUT2D eigenvalue weighted by Crippen LogP contribution is -2.30. The lowest BCUT2D eigenvalue weighted by atomic mass is 10.1. The van der Waals surface area contributed by atoms with Crippen molar-refractivity contribution >= 4 is 15.7 Å². The Hall–Kier alpha value is -2.59. The molecular weight excluding hydrogens is 330 g/mol. The lowest BCUT2D eigenvalue weighted by Gasteiger charge is -2.25. The zero-order valence-electron chi connectivity index (χ0n) is 14.4. The van der Waals surface area contributed by atoms with Gasteiger partial charge in [-0.3, -0.25) is 4.31 Å². The minimum absolute atomic E-state index is 0.294. The molecule has 0 heterocycles. The Morgan fingerprint density at radius 3 is 2.04 bits per heavy atom. The summed E-state index contributed by atoms with van der Waals surface area (Å²) >= 11 is 0. The number of sulfonamides is 1. The third-order valence-corrected chi connectivity index (χ3v) is 5.82. The highest BCUT2D eigenvalue weighted by Gasteiger charge is 2.25. The topological polar surface area (TPSA) is 37.4 Å². The molecular formula is C21H21NO2S. The Balaban J connectivity index is 2.09. The summed E-state index contributed by atoms with van der Waals surface area (Å²) in [5.74, 6) is 0. The smallest absolute Gasteiger partial charge is 0.262 e. The van der Waals surface area contributed by atoms with Gasteiger partial charge in [0.1, 0.15) is 0 Å². The summed E-state index contributed by atoms with van der Waals surface area (Å²) in [7, 11) is -3.65. The van der Waals surface area contributed by atoms with Crippen molar-refractivity contribution in [2.75, 3.05) is 4.31 Å². The fourth-order valence-electron chi connectivity index (χ4n) is 2.79. The van der Waals surface area contributed by atoms with Crippen LogP contribution in [0.3, 0.4) is 0 Å². The van der Waals surface area contributed by atoms with E-state index >= 15 is 0 Å². The van der Waals surface area contributed by atoms with Crippen LogP contribution >= 0.6 is 0 Å². The molecule has 0 saturated carbocycles. The van der Waals surface area contributed by atoms with Crippen LogP contribution in [0.1, 0.15) is 16.7 Å². The van der Waals surface area contributed by atoms with Crippen LogP contribution in [-0.4, -0.2) is 8.42 Å². The Morgan fingerprint density at radius 1 is 0.760 bits per heavy atom. The molecule has 0 aliphatic heterocycles. The van der Waals surface area contributed by atoms with Gasteiger partial charge in [-0.15, -0.1) is 0 Å². The Labute approximate surface area is 149 Å². The van der Waals surface area contributed by atoms with Gasteiger partial charge >= 0.3 is 0 Å². The van der Waals surface area contributed by atoms with Gasteiger partial charge in [0, 0.05) is 0 Å². The summed E-state index contributed by atoms with van der Waals surface area (Å²) in [4.78, 5) is 0.296. The molecule has 0 bridgehead atoms. The minimum atomic E-state index is -3.65. The van der Waals surface area contributed by atoms with Gasteiger partial charge < -0.3 is 0 Å². The van der Waals surface area contributed by atoms with Crippen molar-refractivity contribution in [1.82, 2.24) is 0 Å². The van der Waals surface area contributed by atoms with Crippen LogP contribution in [0.2, 0.25) is 0 Å². The third kappa shape index (κ3) is 3.91. The van der Waals surface area contributed by atoms with E-state index in [4.69, 9.17) is 0 Å². The molecule has 3 rings (SSSR count). The molecule has 0 N–H and O–H groups in total. The second-order valence-corrected chi connectivity index (χ2v) is 8.02. The van der Waals surface area contributed by atoms with Gasteiger partial charge in [-0.25, -0.2) is 8.42 Å². The van der Waals surface area contributed by atoms with E-state index in [1.807, 2.05) is 68.4 Å². The second kappa shape index (κ2) is 7.11. The summed E-state index contributed by atoms with van der Waals surface area (Å²) in [6.45, 7) is 4.26. The summed E-state index contributed by atoms with van der Waals surface area (Å²) < 4.78 is 28.0. The van der Waals surface area contributed by atoms with Gasteiger partial charge in [-0.2, -0.15) is 0 Å². The molecule has 0 amide bonds. The van der Waals surface area contributed by atoms with Gasteiger partial charge in [-0.1, -0.05) is 60.2 Å². The molecule has 128 valence electrons. The van der Waals surface area contributed by atoms with Crippen LogP contribution in [0.25, 0.3) is 0 Å². The van der Waals surface area contributed by atoms with E-state index < -0.39 is 10.0 Å². The maximum Gasteiger partial charge on any atom is 0.264 e. The Bertz CT molecular complexity index is 966. The van der Waals surface area contributed by atoms with Crippen LogP contribution in [-0.2, 0) is 16.6 Å². The van der Waals surface area contributed by atoms with Crippen molar-refractivity contribution in [2.24, 2.45) is 0 Å². The Morgan fingerprint density at radius 2 is 1.40 bits per heavy atom. The standard InChI is InChI=1S/C21H21NO2S/c1-17-8-6-10-19(14-17)16-22(20-11-7-9-18(2)15-20)25(23,24)21-12-4-3-5-13-21/h3-15H,16H2,1-2H3. The number of hydrogen-bond donors (Lipinski definition) is 0. The molecule has 0 aliphatic rings. The van der Waals surface area contributed by atoms with E-state index in [-0.39, 0.29) is 0 Å². The molecule has 0 atom stereocenters. The molecule has 0 aromatic heterocycles. The molecule has 0 fully saturated rings. The zero-order chi connectivity index (χ0) is 17.9. The van der Waals surface area contributed by atoms with Crippen molar-refractivity contribution < 1.29 is 8.42 Å². The number of rotatable bonds is 5. The molecule has 0 saturated heterocycles. The molecule has 0 spiro atoms. The highest BCUT2D eigenvalue weighted by Crippen LogP contribution is 2.26. The summed E-state index contributed by atoms with van der Waals surface area (Å²) in [6.07, 6.45) is 0. The van der Waals surface area contributed by atoms with E-state index in [9.17, 15) is 8.42 Å². The third-order valence-electron chi connectivity index (χ3n) is 4.03. The fourth-order valence-corrected chi connectivity index (χ4v) is 4.26. The van der Waals surface area contributed by atoms with Crippen molar-refractivity contribution in [2.45, 2.75) is 25.3 Å². The van der Waals surface area contributed by atoms with Crippen molar-refractivity contribution in [3.05, 3.63) is 95.6 Å². The van der Waals surface area contributed by atoms with Crippen molar-refractivity contribution in [1.29, 1.82) is 0 Å². The van der Waals surface area contributed by atoms with Gasteiger partial charge in [0.15, 0.2) is 0 Å². The number of anilines is 1. The Kier molecular flexibility index (Phi) is 4.91. The predicted octanol–water partition coefficient (Wildman–Crippen LogP) is 4.70. The molecule has 0 radical (unpaired) electrons. The molecule has 25 heavy (non-hydrogen) atoms. The summed E-state index contributed by atoms with van der Waals surface area (Å²) in [5, 5.41) is 0. The van der Waals surface area contributed by atoms with Crippen LogP contribution in [0.4, 0.5) is 5.69 Å². The molecule has 3 aromatic carbocycles. The minimum Gasteiger partial charge on any atom is -0.262 e. The largest absolute Gasteiger partial charge is 0.264 e. The van der Waals surface area contributed by atoms with Crippen LogP contribution in [0.15, 0.2) is 83.8 Å². The molecule has 0 aliphatic carbocycles. The second-order valence-electron chi connectivity index (χ2n) is 6.15. The van der Waals surface area contributed by atoms with Gasteiger partial charge in [0.05, 0.1) is 17.1 Å². The first kappa shape index (κ1) is 17.2. The highest BCUT2D eigenvalue weighted by molar-refractivity contribution is 7.92. The molecule has 0 unspecified atom stereocenters.